The Morgan fingerprint density at radius 1 is 1.29 bits per heavy atom. The molecule has 1 N–H and O–H groups in total. The first-order valence-corrected chi connectivity index (χ1v) is 7.93. The molecule has 122 valence electrons. The summed E-state index contributed by atoms with van der Waals surface area (Å²) in [4.78, 5) is 28.5. The predicted molar refractivity (Wildman–Crippen MR) is 84.9 cm³/mol. The van der Waals surface area contributed by atoms with Gasteiger partial charge in [0.15, 0.2) is 0 Å². The van der Waals surface area contributed by atoms with E-state index in [-0.39, 0.29) is 23.1 Å². The second-order valence-corrected chi connectivity index (χ2v) is 7.29. The lowest BCUT2D eigenvalue weighted by atomic mass is 9.91. The maximum absolute atomic E-state index is 12.3. The number of likely N-dealkylation sites (tertiary alicyclic amines) is 1. The van der Waals surface area contributed by atoms with Crippen molar-refractivity contribution in [2.24, 2.45) is 11.3 Å². The van der Waals surface area contributed by atoms with Gasteiger partial charge in [-0.15, -0.1) is 0 Å². The molecule has 1 aliphatic rings. The first kappa shape index (κ1) is 18.0. The maximum Gasteiger partial charge on any atom is 0.227 e. The van der Waals surface area contributed by atoms with Crippen molar-refractivity contribution in [1.82, 2.24) is 15.1 Å². The second-order valence-electron chi connectivity index (χ2n) is 7.29. The minimum atomic E-state index is -0.371. The molecule has 0 bridgehead atoms. The molecule has 1 unspecified atom stereocenters. The molecular formula is C16H31N3O2. The molecule has 0 spiro atoms. The Morgan fingerprint density at radius 3 is 2.52 bits per heavy atom. The molecule has 1 fully saturated rings. The standard InChI is InChI=1S/C16H31N3O2/c1-16(2,3)15(21)19-11-6-8-13(12-19)14(20)17-9-7-10-18(4)5/h13H,6-12H2,1-5H3,(H,17,20). The lowest BCUT2D eigenvalue weighted by molar-refractivity contribution is -0.142. The van der Waals surface area contributed by atoms with Gasteiger partial charge in [-0.05, 0) is 39.9 Å². The minimum Gasteiger partial charge on any atom is -0.356 e. The van der Waals surface area contributed by atoms with E-state index in [4.69, 9.17) is 0 Å². The van der Waals surface area contributed by atoms with Crippen LogP contribution < -0.4 is 5.32 Å². The highest BCUT2D eigenvalue weighted by atomic mass is 16.2. The molecule has 0 aliphatic carbocycles. The van der Waals surface area contributed by atoms with Gasteiger partial charge in [0.25, 0.3) is 0 Å². The summed E-state index contributed by atoms with van der Waals surface area (Å²) in [6.45, 7) is 8.82. The summed E-state index contributed by atoms with van der Waals surface area (Å²) >= 11 is 0. The van der Waals surface area contributed by atoms with E-state index in [1.807, 2.05) is 39.8 Å². The van der Waals surface area contributed by atoms with E-state index in [9.17, 15) is 9.59 Å². The van der Waals surface area contributed by atoms with Gasteiger partial charge < -0.3 is 15.1 Å². The Bertz CT molecular complexity index is 361. The molecular weight excluding hydrogens is 266 g/mol. The molecule has 5 heteroatoms. The minimum absolute atomic E-state index is 0.0515. The summed E-state index contributed by atoms with van der Waals surface area (Å²) in [6, 6.07) is 0. The van der Waals surface area contributed by atoms with Crippen molar-refractivity contribution in [3.8, 4) is 0 Å². The Labute approximate surface area is 129 Å². The van der Waals surface area contributed by atoms with Crippen LogP contribution in [0.25, 0.3) is 0 Å². The van der Waals surface area contributed by atoms with Gasteiger partial charge in [0.05, 0.1) is 5.92 Å². The molecule has 1 heterocycles. The Balaban J connectivity index is 2.41. The number of amides is 2. The number of carbonyl (C=O) groups is 2. The molecule has 1 aliphatic heterocycles. The molecule has 0 radical (unpaired) electrons. The summed E-state index contributed by atoms with van der Waals surface area (Å²) in [5, 5.41) is 3.00. The van der Waals surface area contributed by atoms with Crippen LogP contribution >= 0.6 is 0 Å². The van der Waals surface area contributed by atoms with Gasteiger partial charge in [-0.2, -0.15) is 0 Å². The summed E-state index contributed by atoms with van der Waals surface area (Å²) in [5.74, 6) is 0.192. The van der Waals surface area contributed by atoms with Crippen LogP contribution in [-0.2, 0) is 9.59 Å². The molecule has 1 rings (SSSR count). The zero-order chi connectivity index (χ0) is 16.0. The smallest absolute Gasteiger partial charge is 0.227 e. The van der Waals surface area contributed by atoms with Crippen molar-refractivity contribution in [2.75, 3.05) is 40.3 Å². The van der Waals surface area contributed by atoms with Gasteiger partial charge in [-0.3, -0.25) is 9.59 Å². The number of carbonyl (C=O) groups excluding carboxylic acids is 2. The molecule has 1 saturated heterocycles. The predicted octanol–water partition coefficient (Wildman–Crippen LogP) is 1.34. The van der Waals surface area contributed by atoms with Crippen LogP contribution in [0.2, 0.25) is 0 Å². The SMILES string of the molecule is CN(C)CCCNC(=O)C1CCCN(C(=O)C(C)(C)C)C1. The Morgan fingerprint density at radius 2 is 1.95 bits per heavy atom. The number of hydrogen-bond donors (Lipinski definition) is 1. The van der Waals surface area contributed by atoms with Crippen LogP contribution in [0, 0.1) is 11.3 Å². The van der Waals surface area contributed by atoms with Crippen LogP contribution in [0.3, 0.4) is 0 Å². The monoisotopic (exact) mass is 297 g/mol. The van der Waals surface area contributed by atoms with Crippen molar-refractivity contribution in [3.05, 3.63) is 0 Å². The normalized spacial score (nSPS) is 19.7. The number of nitrogens with one attached hydrogen (secondary N) is 1. The highest BCUT2D eigenvalue weighted by Crippen LogP contribution is 2.23. The van der Waals surface area contributed by atoms with Crippen molar-refractivity contribution < 1.29 is 9.59 Å². The molecule has 21 heavy (non-hydrogen) atoms. The summed E-state index contributed by atoms with van der Waals surface area (Å²) < 4.78 is 0. The average Bonchev–Trinajstić information content (AvgIpc) is 2.41. The molecule has 2 amide bonds. The first-order chi connectivity index (χ1) is 9.71. The van der Waals surface area contributed by atoms with Crippen molar-refractivity contribution in [2.45, 2.75) is 40.0 Å². The van der Waals surface area contributed by atoms with E-state index in [2.05, 4.69) is 10.2 Å². The zero-order valence-corrected chi connectivity index (χ0v) is 14.2. The Hall–Kier alpha value is -1.10. The van der Waals surface area contributed by atoms with Crippen molar-refractivity contribution in [1.29, 1.82) is 0 Å². The van der Waals surface area contributed by atoms with Gasteiger partial charge in [-0.25, -0.2) is 0 Å². The van der Waals surface area contributed by atoms with Crippen LogP contribution in [0.1, 0.15) is 40.0 Å². The van der Waals surface area contributed by atoms with Gasteiger partial charge in [0.2, 0.25) is 11.8 Å². The van der Waals surface area contributed by atoms with Crippen molar-refractivity contribution >= 4 is 11.8 Å². The Kier molecular flexibility index (Phi) is 6.65. The largest absolute Gasteiger partial charge is 0.356 e. The third kappa shape index (κ3) is 6.04. The molecule has 5 nitrogen and oxygen atoms in total. The van der Waals surface area contributed by atoms with Crippen LogP contribution in [-0.4, -0.2) is 61.9 Å². The van der Waals surface area contributed by atoms with Gasteiger partial charge >= 0.3 is 0 Å². The van der Waals surface area contributed by atoms with Crippen LogP contribution in [0.4, 0.5) is 0 Å². The van der Waals surface area contributed by atoms with Crippen LogP contribution in [0.15, 0.2) is 0 Å². The van der Waals surface area contributed by atoms with Gasteiger partial charge in [-0.1, -0.05) is 20.8 Å². The highest BCUT2D eigenvalue weighted by molar-refractivity contribution is 5.83. The van der Waals surface area contributed by atoms with E-state index in [0.717, 1.165) is 32.4 Å². The third-order valence-corrected chi connectivity index (χ3v) is 3.80. The average molecular weight is 297 g/mol. The highest BCUT2D eigenvalue weighted by Gasteiger charge is 2.33. The van der Waals surface area contributed by atoms with E-state index in [0.29, 0.717) is 13.1 Å². The van der Waals surface area contributed by atoms with E-state index < -0.39 is 0 Å². The van der Waals surface area contributed by atoms with E-state index in [1.165, 1.54) is 0 Å². The molecule has 1 atom stereocenters. The molecule has 0 aromatic rings. The van der Waals surface area contributed by atoms with E-state index >= 15 is 0 Å². The van der Waals surface area contributed by atoms with Crippen LogP contribution in [0.5, 0.6) is 0 Å². The zero-order valence-electron chi connectivity index (χ0n) is 14.2. The molecule has 0 saturated carbocycles. The fourth-order valence-electron chi connectivity index (χ4n) is 2.60. The van der Waals surface area contributed by atoms with E-state index in [1.54, 1.807) is 0 Å². The fraction of sp³-hybridized carbons (Fsp3) is 0.875. The quantitative estimate of drug-likeness (QED) is 0.779. The summed E-state index contributed by atoms with van der Waals surface area (Å²) in [7, 11) is 4.05. The van der Waals surface area contributed by atoms with Crippen molar-refractivity contribution in [3.63, 3.8) is 0 Å². The van der Waals surface area contributed by atoms with Gasteiger partial charge in [0.1, 0.15) is 0 Å². The number of nitrogens with zero attached hydrogens (tertiary/aromatic N) is 2. The molecule has 0 aromatic carbocycles. The number of piperidine rings is 1. The topological polar surface area (TPSA) is 52.7 Å². The first-order valence-electron chi connectivity index (χ1n) is 7.93. The summed E-state index contributed by atoms with van der Waals surface area (Å²) in [5.41, 5.74) is -0.371. The maximum atomic E-state index is 12.3. The summed E-state index contributed by atoms with van der Waals surface area (Å²) in [6.07, 6.45) is 2.75. The number of hydrogen-bond acceptors (Lipinski definition) is 3. The second kappa shape index (κ2) is 7.78. The molecule has 0 aromatic heterocycles. The van der Waals surface area contributed by atoms with Gasteiger partial charge in [0, 0.05) is 25.0 Å². The fourth-order valence-corrected chi connectivity index (χ4v) is 2.60. The number of rotatable bonds is 5. The lowest BCUT2D eigenvalue weighted by Gasteiger charge is -2.35. The lowest BCUT2D eigenvalue weighted by Crippen LogP contribution is -2.48. The third-order valence-electron chi connectivity index (χ3n) is 3.80.